The highest BCUT2D eigenvalue weighted by Gasteiger charge is 2.54. The second kappa shape index (κ2) is 2.41. The third kappa shape index (κ3) is 1.07. The van der Waals surface area contributed by atoms with Crippen LogP contribution in [0.5, 0.6) is 0 Å². The lowest BCUT2D eigenvalue weighted by Crippen LogP contribution is -2.38. The molecule has 0 saturated carbocycles. The lowest BCUT2D eigenvalue weighted by Gasteiger charge is -2.25. The number of halogens is 3. The molecule has 0 N–H and O–H groups in total. The van der Waals surface area contributed by atoms with E-state index in [1.165, 1.54) is 6.92 Å². The van der Waals surface area contributed by atoms with Crippen molar-refractivity contribution >= 4 is 15.9 Å². The first kappa shape index (κ1) is 8.40. The lowest BCUT2D eigenvalue weighted by atomic mass is 9.89. The zero-order chi connectivity index (χ0) is 7.83. The molecule has 4 heteroatoms. The molecule has 1 aliphatic heterocycles. The van der Waals surface area contributed by atoms with Crippen LogP contribution in [0.1, 0.15) is 6.92 Å². The maximum Gasteiger partial charge on any atom is 0.279 e. The van der Waals surface area contributed by atoms with E-state index in [2.05, 4.69) is 20.7 Å². The summed E-state index contributed by atoms with van der Waals surface area (Å²) in [5, 5.41) is 0.285. The highest BCUT2D eigenvalue weighted by atomic mass is 79.9. The molecule has 1 rings (SSSR count). The minimum absolute atomic E-state index is 0.144. The first-order chi connectivity index (χ1) is 4.52. The molecular weight excluding hydrogens is 206 g/mol. The lowest BCUT2D eigenvalue weighted by molar-refractivity contribution is -0.0680. The van der Waals surface area contributed by atoms with Crippen molar-refractivity contribution in [1.29, 1.82) is 0 Å². The molecule has 10 heavy (non-hydrogen) atoms. The standard InChI is InChI=1S/C6H9BrF2O/c1-5(2-7)3-10-4-6(5,8)9/h2-4H2,1H3/t5-/m1/s1. The summed E-state index contributed by atoms with van der Waals surface area (Å²) in [4.78, 5) is 0. The summed E-state index contributed by atoms with van der Waals surface area (Å²) in [6, 6.07) is 0. The highest BCUT2D eigenvalue weighted by Crippen LogP contribution is 2.43. The predicted molar refractivity (Wildman–Crippen MR) is 37.7 cm³/mol. The summed E-state index contributed by atoms with van der Waals surface area (Å²) < 4.78 is 30.4. The normalized spacial score (nSPS) is 38.4. The largest absolute Gasteiger partial charge is 0.374 e. The first-order valence-electron chi connectivity index (χ1n) is 3.03. The SMILES string of the molecule is C[C@@]1(CBr)COCC1(F)F. The van der Waals surface area contributed by atoms with Gasteiger partial charge in [0.25, 0.3) is 5.92 Å². The van der Waals surface area contributed by atoms with Gasteiger partial charge in [-0.1, -0.05) is 22.9 Å². The van der Waals surface area contributed by atoms with Gasteiger partial charge in [-0.25, -0.2) is 8.78 Å². The van der Waals surface area contributed by atoms with Crippen LogP contribution in [0.4, 0.5) is 8.78 Å². The molecule has 0 bridgehead atoms. The van der Waals surface area contributed by atoms with Crippen LogP contribution in [0.2, 0.25) is 0 Å². The molecule has 0 spiro atoms. The zero-order valence-electron chi connectivity index (χ0n) is 5.66. The summed E-state index contributed by atoms with van der Waals surface area (Å²) in [6.07, 6.45) is 0. The van der Waals surface area contributed by atoms with E-state index in [9.17, 15) is 8.78 Å². The van der Waals surface area contributed by atoms with Crippen LogP contribution in [0.15, 0.2) is 0 Å². The molecule has 1 nitrogen and oxygen atoms in total. The Morgan fingerprint density at radius 1 is 1.50 bits per heavy atom. The van der Waals surface area contributed by atoms with Crippen LogP contribution in [0, 0.1) is 5.41 Å². The fourth-order valence-corrected chi connectivity index (χ4v) is 1.39. The van der Waals surface area contributed by atoms with Crippen molar-refractivity contribution in [2.45, 2.75) is 12.8 Å². The van der Waals surface area contributed by atoms with Crippen molar-refractivity contribution in [3.05, 3.63) is 0 Å². The summed E-state index contributed by atoms with van der Waals surface area (Å²) in [7, 11) is 0. The van der Waals surface area contributed by atoms with Gasteiger partial charge in [0.05, 0.1) is 12.0 Å². The van der Waals surface area contributed by atoms with Crippen molar-refractivity contribution < 1.29 is 13.5 Å². The Bertz CT molecular complexity index is 140. The first-order valence-corrected chi connectivity index (χ1v) is 4.15. The molecule has 1 aliphatic rings. The maximum atomic E-state index is 12.8. The zero-order valence-corrected chi connectivity index (χ0v) is 7.25. The van der Waals surface area contributed by atoms with Crippen LogP contribution >= 0.6 is 15.9 Å². The van der Waals surface area contributed by atoms with Crippen molar-refractivity contribution in [3.63, 3.8) is 0 Å². The van der Waals surface area contributed by atoms with Gasteiger partial charge in [0.15, 0.2) is 0 Å². The fraction of sp³-hybridized carbons (Fsp3) is 1.00. The van der Waals surface area contributed by atoms with E-state index in [-0.39, 0.29) is 11.9 Å². The average molecular weight is 215 g/mol. The smallest absolute Gasteiger partial charge is 0.279 e. The number of alkyl halides is 3. The third-order valence-corrected chi connectivity index (χ3v) is 3.12. The molecule has 0 radical (unpaired) electrons. The quantitative estimate of drug-likeness (QED) is 0.608. The molecular formula is C6H9BrF2O. The van der Waals surface area contributed by atoms with Gasteiger partial charge in [-0.15, -0.1) is 0 Å². The van der Waals surface area contributed by atoms with E-state index in [0.717, 1.165) is 0 Å². The summed E-state index contributed by atoms with van der Waals surface area (Å²) in [5.74, 6) is -2.67. The molecule has 0 amide bonds. The number of rotatable bonds is 1. The van der Waals surface area contributed by atoms with E-state index in [1.54, 1.807) is 0 Å². The molecule has 60 valence electrons. The summed E-state index contributed by atoms with van der Waals surface area (Å²) in [5.41, 5.74) is -1.01. The van der Waals surface area contributed by atoms with Crippen LogP contribution in [0.25, 0.3) is 0 Å². The number of hydrogen-bond acceptors (Lipinski definition) is 1. The minimum atomic E-state index is -2.67. The van der Waals surface area contributed by atoms with Crippen LogP contribution in [-0.4, -0.2) is 24.5 Å². The molecule has 0 aromatic rings. The average Bonchev–Trinajstić information content (AvgIpc) is 2.10. The molecule has 0 aliphatic carbocycles. The molecule has 0 unspecified atom stereocenters. The third-order valence-electron chi connectivity index (χ3n) is 1.88. The Kier molecular flexibility index (Phi) is 2.02. The number of hydrogen-bond donors (Lipinski definition) is 0. The van der Waals surface area contributed by atoms with Crippen molar-refractivity contribution in [2.75, 3.05) is 18.5 Å². The van der Waals surface area contributed by atoms with Gasteiger partial charge in [0, 0.05) is 5.33 Å². The van der Waals surface area contributed by atoms with Gasteiger partial charge in [-0.05, 0) is 0 Å². The molecule has 1 saturated heterocycles. The van der Waals surface area contributed by atoms with Gasteiger partial charge in [-0.2, -0.15) is 0 Å². The summed E-state index contributed by atoms with van der Waals surface area (Å²) >= 11 is 3.05. The minimum Gasteiger partial charge on any atom is -0.374 e. The van der Waals surface area contributed by atoms with Gasteiger partial charge in [0.1, 0.15) is 6.61 Å². The number of ether oxygens (including phenoxy) is 1. The monoisotopic (exact) mass is 214 g/mol. The maximum absolute atomic E-state index is 12.8. The Labute approximate surface area is 66.9 Å². The fourth-order valence-electron chi connectivity index (χ4n) is 0.821. The molecule has 0 aromatic heterocycles. The molecule has 1 fully saturated rings. The van der Waals surface area contributed by atoms with E-state index in [4.69, 9.17) is 0 Å². The molecule has 0 aromatic carbocycles. The second-order valence-electron chi connectivity index (χ2n) is 2.89. The van der Waals surface area contributed by atoms with Crippen LogP contribution in [0.3, 0.4) is 0 Å². The Morgan fingerprint density at radius 2 is 2.10 bits per heavy atom. The van der Waals surface area contributed by atoms with Gasteiger partial charge in [0.2, 0.25) is 0 Å². The van der Waals surface area contributed by atoms with Crippen molar-refractivity contribution in [1.82, 2.24) is 0 Å². The van der Waals surface area contributed by atoms with Gasteiger partial charge < -0.3 is 4.74 Å². The van der Waals surface area contributed by atoms with Gasteiger partial charge in [-0.3, -0.25) is 0 Å². The summed E-state index contributed by atoms with van der Waals surface area (Å²) in [6.45, 7) is 1.23. The van der Waals surface area contributed by atoms with Crippen LogP contribution in [-0.2, 0) is 4.74 Å². The van der Waals surface area contributed by atoms with Crippen LogP contribution < -0.4 is 0 Å². The highest BCUT2D eigenvalue weighted by molar-refractivity contribution is 9.09. The van der Waals surface area contributed by atoms with E-state index >= 15 is 0 Å². The molecule has 1 atom stereocenters. The predicted octanol–water partition coefficient (Wildman–Crippen LogP) is 2.05. The van der Waals surface area contributed by atoms with E-state index < -0.39 is 17.9 Å². The Hall–Kier alpha value is 0.300. The van der Waals surface area contributed by atoms with E-state index in [1.807, 2.05) is 0 Å². The van der Waals surface area contributed by atoms with Crippen molar-refractivity contribution in [3.8, 4) is 0 Å². The van der Waals surface area contributed by atoms with Crippen molar-refractivity contribution in [2.24, 2.45) is 5.41 Å². The topological polar surface area (TPSA) is 9.23 Å². The Morgan fingerprint density at radius 3 is 2.30 bits per heavy atom. The Balaban J connectivity index is 2.76. The van der Waals surface area contributed by atoms with E-state index in [0.29, 0.717) is 0 Å². The van der Waals surface area contributed by atoms with Gasteiger partial charge >= 0.3 is 0 Å². The molecule has 1 heterocycles. The second-order valence-corrected chi connectivity index (χ2v) is 3.45.